The molecule has 0 amide bonds. The lowest BCUT2D eigenvalue weighted by molar-refractivity contribution is 0.445. The van der Waals surface area contributed by atoms with Gasteiger partial charge < -0.3 is 0 Å². The Morgan fingerprint density at radius 3 is 2.33 bits per heavy atom. The normalized spacial score (nSPS) is 19.7. The lowest BCUT2D eigenvalue weighted by Gasteiger charge is -2.20. The zero-order chi connectivity index (χ0) is 13.1. The van der Waals surface area contributed by atoms with Crippen LogP contribution in [0.3, 0.4) is 0 Å². The highest BCUT2D eigenvalue weighted by Crippen LogP contribution is 2.30. The van der Waals surface area contributed by atoms with Gasteiger partial charge in [-0.05, 0) is 43.7 Å². The fourth-order valence-electron chi connectivity index (χ4n) is 2.26. The molecular weight excluding hydrogens is 237 g/mol. The van der Waals surface area contributed by atoms with Crippen LogP contribution in [0, 0.1) is 23.4 Å². The van der Waals surface area contributed by atoms with Crippen molar-refractivity contribution in [2.75, 3.05) is 0 Å². The molecule has 0 bridgehead atoms. The summed E-state index contributed by atoms with van der Waals surface area (Å²) in [6.45, 7) is 3.76. The maximum Gasteiger partial charge on any atom is 0.195 e. The van der Waals surface area contributed by atoms with Gasteiger partial charge in [-0.25, -0.2) is 13.2 Å². The molecule has 0 N–H and O–H groups in total. The second kappa shape index (κ2) is 5.42. The molecule has 1 aliphatic rings. The van der Waals surface area contributed by atoms with Crippen LogP contribution in [-0.4, -0.2) is 0 Å². The Kier molecular flexibility index (Phi) is 3.90. The molecule has 0 spiro atoms. The van der Waals surface area contributed by atoms with Crippen molar-refractivity contribution in [2.45, 2.75) is 25.7 Å². The highest BCUT2D eigenvalue weighted by atomic mass is 19.2. The topological polar surface area (TPSA) is 0 Å². The monoisotopic (exact) mass is 252 g/mol. The largest absolute Gasteiger partial charge is 0.204 e. The van der Waals surface area contributed by atoms with Crippen molar-refractivity contribution in [3.05, 3.63) is 53.4 Å². The standard InChI is InChI=1S/C15H15F3/c1-2-10-3-5-11(6-4-10)9-12-7-8-13(16)15(18)14(12)17/h2,7-10H,1,3-6H2. The number of benzene rings is 1. The first-order valence-corrected chi connectivity index (χ1v) is 6.07. The van der Waals surface area contributed by atoms with Crippen molar-refractivity contribution in [3.8, 4) is 0 Å². The maximum absolute atomic E-state index is 13.5. The molecule has 1 saturated carbocycles. The molecule has 96 valence electrons. The highest BCUT2D eigenvalue weighted by molar-refractivity contribution is 5.54. The Labute approximate surface area is 105 Å². The van der Waals surface area contributed by atoms with Crippen LogP contribution >= 0.6 is 0 Å². The van der Waals surface area contributed by atoms with Crippen LogP contribution in [0.15, 0.2) is 30.4 Å². The zero-order valence-electron chi connectivity index (χ0n) is 10.1. The summed E-state index contributed by atoms with van der Waals surface area (Å²) < 4.78 is 39.3. The van der Waals surface area contributed by atoms with Crippen molar-refractivity contribution in [2.24, 2.45) is 5.92 Å². The van der Waals surface area contributed by atoms with E-state index in [-0.39, 0.29) is 5.56 Å². The van der Waals surface area contributed by atoms with Gasteiger partial charge in [-0.1, -0.05) is 17.7 Å². The van der Waals surface area contributed by atoms with Gasteiger partial charge in [0, 0.05) is 5.56 Å². The minimum Gasteiger partial charge on any atom is -0.204 e. The number of rotatable bonds is 2. The third-order valence-corrected chi connectivity index (χ3v) is 3.43. The van der Waals surface area contributed by atoms with E-state index in [1.165, 1.54) is 6.07 Å². The molecule has 0 saturated heterocycles. The fourth-order valence-corrected chi connectivity index (χ4v) is 2.26. The van der Waals surface area contributed by atoms with Gasteiger partial charge >= 0.3 is 0 Å². The van der Waals surface area contributed by atoms with Crippen LogP contribution in [0.5, 0.6) is 0 Å². The number of allylic oxidation sites excluding steroid dienone is 2. The molecule has 0 nitrogen and oxygen atoms in total. The first-order valence-electron chi connectivity index (χ1n) is 6.07. The molecular formula is C15H15F3. The van der Waals surface area contributed by atoms with Crippen molar-refractivity contribution >= 4 is 6.08 Å². The number of hydrogen-bond donors (Lipinski definition) is 0. The molecule has 0 unspecified atom stereocenters. The Bertz CT molecular complexity index is 479. The third kappa shape index (κ3) is 2.66. The summed E-state index contributed by atoms with van der Waals surface area (Å²) in [4.78, 5) is 0. The van der Waals surface area contributed by atoms with Gasteiger partial charge in [-0.15, -0.1) is 6.58 Å². The SMILES string of the molecule is C=CC1CCC(=Cc2ccc(F)c(F)c2F)CC1. The number of halogens is 3. The molecule has 3 heteroatoms. The second-order valence-corrected chi connectivity index (χ2v) is 4.64. The Morgan fingerprint density at radius 1 is 1.06 bits per heavy atom. The molecule has 0 aromatic heterocycles. The molecule has 1 aromatic rings. The summed E-state index contributed by atoms with van der Waals surface area (Å²) in [6.07, 6.45) is 7.26. The van der Waals surface area contributed by atoms with E-state index < -0.39 is 17.5 Å². The molecule has 1 aromatic carbocycles. The molecule has 18 heavy (non-hydrogen) atoms. The van der Waals surface area contributed by atoms with Gasteiger partial charge in [0.1, 0.15) is 0 Å². The smallest absolute Gasteiger partial charge is 0.195 e. The quantitative estimate of drug-likeness (QED) is 0.520. The predicted molar refractivity (Wildman–Crippen MR) is 66.4 cm³/mol. The van der Waals surface area contributed by atoms with Gasteiger partial charge in [0.05, 0.1) is 0 Å². The average Bonchev–Trinajstić information content (AvgIpc) is 2.40. The van der Waals surface area contributed by atoms with Crippen molar-refractivity contribution in [1.29, 1.82) is 0 Å². The van der Waals surface area contributed by atoms with E-state index in [1.807, 2.05) is 6.08 Å². The maximum atomic E-state index is 13.5. The summed E-state index contributed by atoms with van der Waals surface area (Å²) in [5, 5.41) is 0. The van der Waals surface area contributed by atoms with Crippen LogP contribution < -0.4 is 0 Å². The summed E-state index contributed by atoms with van der Waals surface area (Å²) in [6, 6.07) is 2.24. The predicted octanol–water partition coefficient (Wildman–Crippen LogP) is 4.86. The highest BCUT2D eigenvalue weighted by Gasteiger charge is 2.16. The van der Waals surface area contributed by atoms with E-state index in [0.717, 1.165) is 37.3 Å². The van der Waals surface area contributed by atoms with Gasteiger partial charge in [-0.3, -0.25) is 0 Å². The Morgan fingerprint density at radius 2 is 1.72 bits per heavy atom. The zero-order valence-corrected chi connectivity index (χ0v) is 10.1. The summed E-state index contributed by atoms with van der Waals surface area (Å²) in [5.41, 5.74) is 1.21. The van der Waals surface area contributed by atoms with E-state index in [1.54, 1.807) is 6.08 Å². The first-order chi connectivity index (χ1) is 8.61. The van der Waals surface area contributed by atoms with Crippen molar-refractivity contribution < 1.29 is 13.2 Å². The molecule has 0 radical (unpaired) electrons. The van der Waals surface area contributed by atoms with Crippen LogP contribution in [0.2, 0.25) is 0 Å². The van der Waals surface area contributed by atoms with Gasteiger partial charge in [0.2, 0.25) is 0 Å². The lowest BCUT2D eigenvalue weighted by atomic mass is 9.85. The summed E-state index contributed by atoms with van der Waals surface area (Å²) >= 11 is 0. The molecule has 2 rings (SSSR count). The minimum absolute atomic E-state index is 0.126. The lowest BCUT2D eigenvalue weighted by Crippen LogP contribution is -2.05. The van der Waals surface area contributed by atoms with Crippen LogP contribution in [0.25, 0.3) is 6.08 Å². The van der Waals surface area contributed by atoms with E-state index in [9.17, 15) is 13.2 Å². The summed E-state index contributed by atoms with van der Waals surface area (Å²) in [5.74, 6) is -3.14. The number of hydrogen-bond acceptors (Lipinski definition) is 0. The molecule has 0 aliphatic heterocycles. The average molecular weight is 252 g/mol. The van der Waals surface area contributed by atoms with E-state index >= 15 is 0 Å². The van der Waals surface area contributed by atoms with Crippen molar-refractivity contribution in [3.63, 3.8) is 0 Å². The van der Waals surface area contributed by atoms with Gasteiger partial charge in [-0.2, -0.15) is 0 Å². The van der Waals surface area contributed by atoms with E-state index in [0.29, 0.717) is 5.92 Å². The fraction of sp³-hybridized carbons (Fsp3) is 0.333. The van der Waals surface area contributed by atoms with Crippen molar-refractivity contribution in [1.82, 2.24) is 0 Å². The summed E-state index contributed by atoms with van der Waals surface area (Å²) in [7, 11) is 0. The molecule has 1 fully saturated rings. The van der Waals surface area contributed by atoms with Crippen LogP contribution in [0.4, 0.5) is 13.2 Å². The van der Waals surface area contributed by atoms with Crippen LogP contribution in [-0.2, 0) is 0 Å². The van der Waals surface area contributed by atoms with E-state index in [2.05, 4.69) is 6.58 Å². The van der Waals surface area contributed by atoms with E-state index in [4.69, 9.17) is 0 Å². The van der Waals surface area contributed by atoms with Gasteiger partial charge in [0.25, 0.3) is 0 Å². The molecule has 0 heterocycles. The molecule has 0 atom stereocenters. The Balaban J connectivity index is 2.19. The molecule has 1 aliphatic carbocycles. The van der Waals surface area contributed by atoms with Gasteiger partial charge in [0.15, 0.2) is 17.5 Å². The third-order valence-electron chi connectivity index (χ3n) is 3.43. The minimum atomic E-state index is -1.40. The second-order valence-electron chi connectivity index (χ2n) is 4.64. The Hall–Kier alpha value is -1.51. The first kappa shape index (κ1) is 12.9. The van der Waals surface area contributed by atoms with Crippen LogP contribution in [0.1, 0.15) is 31.2 Å².